The van der Waals surface area contributed by atoms with Crippen molar-refractivity contribution in [2.75, 3.05) is 14.1 Å². The van der Waals surface area contributed by atoms with Crippen molar-refractivity contribution >= 4 is 5.57 Å². The highest BCUT2D eigenvalue weighted by atomic mass is 16.1. The Morgan fingerprint density at radius 1 is 1.61 bits per heavy atom. The van der Waals surface area contributed by atoms with Crippen LogP contribution in [0.15, 0.2) is 17.2 Å². The van der Waals surface area contributed by atoms with Gasteiger partial charge in [-0.25, -0.2) is 4.98 Å². The van der Waals surface area contributed by atoms with Crippen LogP contribution < -0.4 is 5.56 Å². The van der Waals surface area contributed by atoms with Gasteiger partial charge in [-0.1, -0.05) is 0 Å². The van der Waals surface area contributed by atoms with Gasteiger partial charge < -0.3 is 4.90 Å². The van der Waals surface area contributed by atoms with Crippen molar-refractivity contribution in [3.05, 3.63) is 34.1 Å². The van der Waals surface area contributed by atoms with Crippen LogP contribution in [0.2, 0.25) is 0 Å². The van der Waals surface area contributed by atoms with Gasteiger partial charge in [0.05, 0.1) is 6.20 Å². The van der Waals surface area contributed by atoms with Gasteiger partial charge in [0, 0.05) is 31.9 Å². The molecule has 0 amide bonds. The highest BCUT2D eigenvalue weighted by Gasteiger charge is 2.23. The number of allylic oxidation sites excluding steroid dienone is 1. The van der Waals surface area contributed by atoms with Gasteiger partial charge in [-0.15, -0.1) is 0 Å². The Morgan fingerprint density at radius 3 is 2.94 bits per heavy atom. The number of hydrogen-bond donors (Lipinski definition) is 0. The predicted octanol–water partition coefficient (Wildman–Crippen LogP) is 1.37. The molecule has 0 aliphatic carbocycles. The van der Waals surface area contributed by atoms with E-state index in [-0.39, 0.29) is 17.2 Å². The van der Waals surface area contributed by atoms with Crippen molar-refractivity contribution < 1.29 is 0 Å². The van der Waals surface area contributed by atoms with Crippen LogP contribution in [-0.2, 0) is 0 Å². The van der Waals surface area contributed by atoms with E-state index in [9.17, 15) is 4.79 Å². The first-order chi connectivity index (χ1) is 8.54. The zero-order chi connectivity index (χ0) is 13.3. The quantitative estimate of drug-likeness (QED) is 0.748. The monoisotopic (exact) mass is 244 g/mol. The van der Waals surface area contributed by atoms with Gasteiger partial charge in [0.2, 0.25) is 0 Å². The molecule has 1 aliphatic heterocycles. The van der Waals surface area contributed by atoms with Crippen molar-refractivity contribution in [2.24, 2.45) is 0 Å². The Bertz CT molecular complexity index is 592. The molecule has 1 atom stereocenters. The van der Waals surface area contributed by atoms with E-state index >= 15 is 0 Å². The van der Waals surface area contributed by atoms with Crippen LogP contribution in [-0.4, -0.2) is 28.5 Å². The zero-order valence-electron chi connectivity index (χ0n) is 10.8. The number of nitriles is 1. The Kier molecular flexibility index (Phi) is 3.19. The fraction of sp³-hybridized carbons (Fsp3) is 0.462. The molecule has 94 valence electrons. The minimum Gasteiger partial charge on any atom is -0.383 e. The number of fused-ring (bicyclic) bond motifs is 1. The molecule has 2 rings (SSSR count). The summed E-state index contributed by atoms with van der Waals surface area (Å²) >= 11 is 0. The largest absolute Gasteiger partial charge is 0.383 e. The molecule has 5 heteroatoms. The van der Waals surface area contributed by atoms with E-state index in [1.165, 1.54) is 6.20 Å². The van der Waals surface area contributed by atoms with E-state index in [1.807, 2.05) is 38.2 Å². The number of hydrogen-bond acceptors (Lipinski definition) is 4. The molecule has 0 radical (unpaired) electrons. The van der Waals surface area contributed by atoms with Gasteiger partial charge in [-0.3, -0.25) is 9.36 Å². The number of aromatic nitrogens is 2. The lowest BCUT2D eigenvalue weighted by Gasteiger charge is -2.26. The van der Waals surface area contributed by atoms with Crippen molar-refractivity contribution in [3.8, 4) is 6.07 Å². The van der Waals surface area contributed by atoms with Crippen molar-refractivity contribution in [1.29, 1.82) is 5.26 Å². The van der Waals surface area contributed by atoms with E-state index < -0.39 is 0 Å². The topological polar surface area (TPSA) is 61.9 Å². The summed E-state index contributed by atoms with van der Waals surface area (Å²) in [4.78, 5) is 18.4. The lowest BCUT2D eigenvalue weighted by Crippen LogP contribution is -2.32. The van der Waals surface area contributed by atoms with Crippen LogP contribution in [0, 0.1) is 11.3 Å². The Morgan fingerprint density at radius 2 is 2.33 bits per heavy atom. The van der Waals surface area contributed by atoms with Crippen molar-refractivity contribution in [3.63, 3.8) is 0 Å². The summed E-state index contributed by atoms with van der Waals surface area (Å²) in [6.07, 6.45) is 5.15. The fourth-order valence-electron chi connectivity index (χ4n) is 2.23. The zero-order valence-corrected chi connectivity index (χ0v) is 10.8. The van der Waals surface area contributed by atoms with Crippen LogP contribution in [0.1, 0.15) is 37.2 Å². The van der Waals surface area contributed by atoms with E-state index in [0.717, 1.165) is 18.4 Å². The second kappa shape index (κ2) is 4.65. The molecule has 0 N–H and O–H groups in total. The van der Waals surface area contributed by atoms with Crippen molar-refractivity contribution in [1.82, 2.24) is 14.5 Å². The molecular weight excluding hydrogens is 228 g/mol. The van der Waals surface area contributed by atoms with Gasteiger partial charge in [0.1, 0.15) is 17.5 Å². The van der Waals surface area contributed by atoms with Gasteiger partial charge in [-0.05, 0) is 19.8 Å². The Hall–Kier alpha value is -2.09. The summed E-state index contributed by atoms with van der Waals surface area (Å²) in [7, 11) is 3.88. The molecule has 0 aromatic carbocycles. The highest BCUT2D eigenvalue weighted by Crippen LogP contribution is 2.29. The molecule has 1 aliphatic rings. The maximum atomic E-state index is 12.1. The average Bonchev–Trinajstić information content (AvgIpc) is 2.32. The molecule has 2 heterocycles. The van der Waals surface area contributed by atoms with E-state index in [1.54, 1.807) is 4.57 Å². The molecule has 5 nitrogen and oxygen atoms in total. The van der Waals surface area contributed by atoms with Crippen LogP contribution in [0.5, 0.6) is 0 Å². The molecule has 0 bridgehead atoms. The molecule has 0 spiro atoms. The summed E-state index contributed by atoms with van der Waals surface area (Å²) in [6.45, 7) is 1.99. The Balaban J connectivity index is 2.66. The molecule has 1 aromatic rings. The first-order valence-corrected chi connectivity index (χ1v) is 5.93. The van der Waals surface area contributed by atoms with Crippen LogP contribution in [0.4, 0.5) is 0 Å². The third-order valence-electron chi connectivity index (χ3n) is 3.09. The molecule has 0 saturated heterocycles. The van der Waals surface area contributed by atoms with E-state index in [2.05, 4.69) is 4.98 Å². The predicted molar refractivity (Wildman–Crippen MR) is 68.8 cm³/mol. The van der Waals surface area contributed by atoms with Gasteiger partial charge in [-0.2, -0.15) is 5.26 Å². The van der Waals surface area contributed by atoms with Crippen molar-refractivity contribution in [2.45, 2.75) is 25.8 Å². The third-order valence-corrected chi connectivity index (χ3v) is 3.09. The summed E-state index contributed by atoms with van der Waals surface area (Å²) in [5.74, 6) is 0.687. The fourth-order valence-corrected chi connectivity index (χ4v) is 2.23. The molecular formula is C13H16N4O. The Labute approximate surface area is 106 Å². The van der Waals surface area contributed by atoms with Gasteiger partial charge >= 0.3 is 0 Å². The summed E-state index contributed by atoms with van der Waals surface area (Å²) in [5.41, 5.74) is 0.913. The average molecular weight is 244 g/mol. The molecule has 0 saturated carbocycles. The first kappa shape index (κ1) is 12.4. The molecule has 18 heavy (non-hydrogen) atoms. The maximum Gasteiger partial charge on any atom is 0.271 e. The third kappa shape index (κ3) is 2.02. The highest BCUT2D eigenvalue weighted by molar-refractivity contribution is 5.61. The second-order valence-electron chi connectivity index (χ2n) is 4.79. The van der Waals surface area contributed by atoms with Gasteiger partial charge in [0.25, 0.3) is 5.56 Å². The minimum absolute atomic E-state index is 0.0904. The summed E-state index contributed by atoms with van der Waals surface area (Å²) < 4.78 is 1.64. The standard InChI is InChI=1S/C13H16N4O/c1-9-4-5-10(8-16(2)3)12-15-7-11(6-14)13(18)17(9)12/h7-9H,4-5H2,1-3H3. The molecule has 1 aromatic heterocycles. The van der Waals surface area contributed by atoms with E-state index in [0.29, 0.717) is 5.82 Å². The van der Waals surface area contributed by atoms with Crippen LogP contribution >= 0.6 is 0 Å². The lowest BCUT2D eigenvalue weighted by atomic mass is 10.0. The first-order valence-electron chi connectivity index (χ1n) is 5.93. The van der Waals surface area contributed by atoms with Crippen LogP contribution in [0.25, 0.3) is 5.57 Å². The lowest BCUT2D eigenvalue weighted by molar-refractivity contribution is 0.457. The molecule has 0 fully saturated rings. The number of nitrogens with zero attached hydrogens (tertiary/aromatic N) is 4. The normalized spacial score (nSPS) is 20.3. The molecule has 1 unspecified atom stereocenters. The summed E-state index contributed by atoms with van der Waals surface area (Å²) in [5, 5.41) is 8.89. The minimum atomic E-state index is -0.237. The SMILES string of the molecule is CC1CCC(=CN(C)C)c2ncc(C#N)c(=O)n21. The second-order valence-corrected chi connectivity index (χ2v) is 4.79. The van der Waals surface area contributed by atoms with E-state index in [4.69, 9.17) is 5.26 Å². The summed E-state index contributed by atoms with van der Waals surface area (Å²) in [6, 6.07) is 1.99. The van der Waals surface area contributed by atoms with Gasteiger partial charge in [0.15, 0.2) is 0 Å². The van der Waals surface area contributed by atoms with Crippen LogP contribution in [0.3, 0.4) is 0 Å². The number of rotatable bonds is 1. The maximum absolute atomic E-state index is 12.1. The smallest absolute Gasteiger partial charge is 0.271 e.